The minimum Gasteiger partial charge on any atom is -0.454 e. The van der Waals surface area contributed by atoms with Crippen LogP contribution in [-0.2, 0) is 0 Å². The minimum absolute atomic E-state index is 0.0471. The standard InChI is InChI=1S/C19H13N3O5S/c23-16(12-1-4-14(5-2-12)22(24)25)10-28-19-8-6-15(20-21-19)13-3-7-17-18(9-13)27-11-26-17/h1-9H,10-11H2. The van der Waals surface area contributed by atoms with E-state index < -0.39 is 4.92 Å². The number of rotatable bonds is 6. The molecule has 1 aliphatic heterocycles. The Balaban J connectivity index is 1.39. The van der Waals surface area contributed by atoms with E-state index in [4.69, 9.17) is 9.47 Å². The van der Waals surface area contributed by atoms with Crippen LogP contribution in [0.1, 0.15) is 10.4 Å². The Bertz CT molecular complexity index is 1040. The maximum atomic E-state index is 12.2. The van der Waals surface area contributed by atoms with Gasteiger partial charge in [-0.2, -0.15) is 0 Å². The molecule has 0 saturated heterocycles. The second kappa shape index (κ2) is 7.65. The highest BCUT2D eigenvalue weighted by Crippen LogP contribution is 2.35. The molecule has 0 fully saturated rings. The smallest absolute Gasteiger partial charge is 0.269 e. The molecule has 1 aliphatic rings. The van der Waals surface area contributed by atoms with Crippen LogP contribution in [0.3, 0.4) is 0 Å². The van der Waals surface area contributed by atoms with E-state index >= 15 is 0 Å². The summed E-state index contributed by atoms with van der Waals surface area (Å²) in [5.41, 5.74) is 1.91. The number of thioether (sulfide) groups is 1. The predicted octanol–water partition coefficient (Wildman–Crippen LogP) is 3.76. The zero-order valence-corrected chi connectivity index (χ0v) is 15.2. The summed E-state index contributed by atoms with van der Waals surface area (Å²) in [5, 5.41) is 19.6. The van der Waals surface area contributed by atoms with E-state index in [1.807, 2.05) is 24.3 Å². The number of carbonyl (C=O) groups is 1. The van der Waals surface area contributed by atoms with Gasteiger partial charge in [-0.15, -0.1) is 10.2 Å². The number of carbonyl (C=O) groups excluding carboxylic acids is 1. The van der Waals surface area contributed by atoms with Crippen LogP contribution in [0.25, 0.3) is 11.3 Å². The van der Waals surface area contributed by atoms with Crippen LogP contribution < -0.4 is 9.47 Å². The minimum atomic E-state index is -0.500. The van der Waals surface area contributed by atoms with Gasteiger partial charge >= 0.3 is 0 Å². The molecule has 0 N–H and O–H groups in total. The van der Waals surface area contributed by atoms with Gasteiger partial charge in [-0.1, -0.05) is 11.8 Å². The third kappa shape index (κ3) is 3.79. The summed E-state index contributed by atoms with van der Waals surface area (Å²) in [4.78, 5) is 22.4. The average molecular weight is 395 g/mol. The maximum Gasteiger partial charge on any atom is 0.269 e. The molecule has 2 heterocycles. The Morgan fingerprint density at radius 3 is 2.54 bits per heavy atom. The number of nitrogens with zero attached hydrogens (tertiary/aromatic N) is 3. The number of ether oxygens (including phenoxy) is 2. The van der Waals surface area contributed by atoms with Crippen LogP contribution in [0.15, 0.2) is 59.6 Å². The largest absolute Gasteiger partial charge is 0.454 e. The quantitative estimate of drug-likeness (QED) is 0.269. The molecule has 28 heavy (non-hydrogen) atoms. The molecule has 0 unspecified atom stereocenters. The lowest BCUT2D eigenvalue weighted by atomic mass is 10.1. The molecule has 0 saturated carbocycles. The highest BCUT2D eigenvalue weighted by Gasteiger charge is 2.15. The molecule has 0 atom stereocenters. The Labute approximate surface area is 163 Å². The number of benzene rings is 2. The zero-order chi connectivity index (χ0) is 19.5. The second-order valence-electron chi connectivity index (χ2n) is 5.84. The summed E-state index contributed by atoms with van der Waals surface area (Å²) in [6.07, 6.45) is 0. The molecule has 0 spiro atoms. The van der Waals surface area contributed by atoms with Crippen molar-refractivity contribution < 1.29 is 19.2 Å². The van der Waals surface area contributed by atoms with Crippen LogP contribution >= 0.6 is 11.8 Å². The monoisotopic (exact) mass is 395 g/mol. The van der Waals surface area contributed by atoms with E-state index in [1.54, 1.807) is 6.07 Å². The van der Waals surface area contributed by atoms with Crippen LogP contribution in [0.2, 0.25) is 0 Å². The van der Waals surface area contributed by atoms with Crippen molar-refractivity contribution >= 4 is 23.2 Å². The normalized spacial score (nSPS) is 12.0. The Kier molecular flexibility index (Phi) is 4.90. The molecule has 0 radical (unpaired) electrons. The van der Waals surface area contributed by atoms with Crippen LogP contribution in [0.5, 0.6) is 11.5 Å². The van der Waals surface area contributed by atoms with Gasteiger partial charge in [0.25, 0.3) is 5.69 Å². The maximum absolute atomic E-state index is 12.2. The third-order valence-electron chi connectivity index (χ3n) is 4.06. The van der Waals surface area contributed by atoms with Gasteiger partial charge in [-0.05, 0) is 42.5 Å². The van der Waals surface area contributed by atoms with Gasteiger partial charge in [0.15, 0.2) is 17.3 Å². The SMILES string of the molecule is O=C(CSc1ccc(-c2ccc3c(c2)OCO3)nn1)c1ccc([N+](=O)[O-])cc1. The first kappa shape index (κ1) is 17.9. The van der Waals surface area contributed by atoms with Crippen molar-refractivity contribution in [1.82, 2.24) is 10.2 Å². The van der Waals surface area contributed by atoms with Gasteiger partial charge in [-0.3, -0.25) is 14.9 Å². The second-order valence-corrected chi connectivity index (χ2v) is 6.84. The van der Waals surface area contributed by atoms with Crippen LogP contribution in [-0.4, -0.2) is 33.4 Å². The van der Waals surface area contributed by atoms with Gasteiger partial charge in [0, 0.05) is 23.3 Å². The molecule has 2 aromatic carbocycles. The summed E-state index contributed by atoms with van der Waals surface area (Å²) >= 11 is 1.26. The number of non-ortho nitro benzene ring substituents is 1. The number of nitro groups is 1. The van der Waals surface area contributed by atoms with Crippen molar-refractivity contribution in [2.24, 2.45) is 0 Å². The summed E-state index contributed by atoms with van der Waals surface area (Å²) in [7, 11) is 0. The molecule has 0 bridgehead atoms. The van der Waals surface area contributed by atoms with Crippen molar-refractivity contribution in [1.29, 1.82) is 0 Å². The molecular formula is C19H13N3O5S. The van der Waals surface area contributed by atoms with E-state index in [-0.39, 0.29) is 24.0 Å². The zero-order valence-electron chi connectivity index (χ0n) is 14.4. The first-order valence-electron chi connectivity index (χ1n) is 8.24. The van der Waals surface area contributed by atoms with Crippen molar-refractivity contribution in [3.05, 3.63) is 70.3 Å². The molecule has 4 rings (SSSR count). The molecule has 140 valence electrons. The lowest BCUT2D eigenvalue weighted by Crippen LogP contribution is -2.03. The first-order valence-corrected chi connectivity index (χ1v) is 9.23. The van der Waals surface area contributed by atoms with Crippen molar-refractivity contribution in [2.45, 2.75) is 5.03 Å². The van der Waals surface area contributed by atoms with Crippen LogP contribution in [0.4, 0.5) is 5.69 Å². The summed E-state index contributed by atoms with van der Waals surface area (Å²) in [6.45, 7) is 0.211. The van der Waals surface area contributed by atoms with Crippen molar-refractivity contribution in [3.8, 4) is 22.8 Å². The number of hydrogen-bond donors (Lipinski definition) is 0. The van der Waals surface area contributed by atoms with Gasteiger partial charge in [0.1, 0.15) is 5.03 Å². The van der Waals surface area contributed by atoms with Gasteiger partial charge in [0.05, 0.1) is 16.4 Å². The number of hydrogen-bond acceptors (Lipinski definition) is 8. The number of Topliss-reactive ketones (excluding diaryl/α,β-unsaturated/α-hetero) is 1. The number of ketones is 1. The van der Waals surface area contributed by atoms with Crippen molar-refractivity contribution in [2.75, 3.05) is 12.5 Å². The number of nitro benzene ring substituents is 1. The van der Waals surface area contributed by atoms with Crippen molar-refractivity contribution in [3.63, 3.8) is 0 Å². The summed E-state index contributed by atoms with van der Waals surface area (Å²) in [6, 6.07) is 14.7. The van der Waals surface area contributed by atoms with Crippen LogP contribution in [0, 0.1) is 10.1 Å². The molecular weight excluding hydrogens is 382 g/mol. The van der Waals surface area contributed by atoms with Gasteiger partial charge in [0.2, 0.25) is 6.79 Å². The molecule has 3 aromatic rings. The number of fused-ring (bicyclic) bond motifs is 1. The summed E-state index contributed by atoms with van der Waals surface area (Å²) in [5.74, 6) is 1.40. The first-order chi connectivity index (χ1) is 13.6. The topological polar surface area (TPSA) is 104 Å². The lowest BCUT2D eigenvalue weighted by Gasteiger charge is -2.04. The van der Waals surface area contributed by atoms with E-state index in [2.05, 4.69) is 10.2 Å². The lowest BCUT2D eigenvalue weighted by molar-refractivity contribution is -0.384. The summed E-state index contributed by atoms with van der Waals surface area (Å²) < 4.78 is 10.7. The Morgan fingerprint density at radius 1 is 1.04 bits per heavy atom. The molecule has 1 aromatic heterocycles. The van der Waals surface area contributed by atoms with E-state index in [0.29, 0.717) is 27.8 Å². The Hall–Kier alpha value is -3.46. The highest BCUT2D eigenvalue weighted by molar-refractivity contribution is 7.99. The fourth-order valence-electron chi connectivity index (χ4n) is 2.60. The van der Waals surface area contributed by atoms with E-state index in [9.17, 15) is 14.9 Å². The molecule has 0 amide bonds. The van der Waals surface area contributed by atoms with Gasteiger partial charge in [-0.25, -0.2) is 0 Å². The fraction of sp³-hybridized carbons (Fsp3) is 0.105. The Morgan fingerprint density at radius 2 is 1.82 bits per heavy atom. The molecule has 8 nitrogen and oxygen atoms in total. The fourth-order valence-corrected chi connectivity index (χ4v) is 3.31. The average Bonchev–Trinajstić information content (AvgIpc) is 3.20. The predicted molar refractivity (Wildman–Crippen MR) is 102 cm³/mol. The molecule has 0 aliphatic carbocycles. The highest BCUT2D eigenvalue weighted by atomic mass is 32.2. The third-order valence-corrected chi connectivity index (χ3v) is 4.98. The van der Waals surface area contributed by atoms with E-state index in [0.717, 1.165) is 5.56 Å². The van der Waals surface area contributed by atoms with E-state index in [1.165, 1.54) is 36.0 Å². The molecule has 9 heteroatoms. The van der Waals surface area contributed by atoms with Gasteiger partial charge < -0.3 is 9.47 Å². The number of aromatic nitrogens is 2.